The minimum absolute atomic E-state index is 0.00336. The molecule has 1 amide bonds. The normalized spacial score (nSPS) is 17.5. The van der Waals surface area contributed by atoms with E-state index in [9.17, 15) is 9.59 Å². The van der Waals surface area contributed by atoms with Crippen molar-refractivity contribution in [3.63, 3.8) is 0 Å². The molecule has 0 bridgehead atoms. The number of halogens is 1. The fraction of sp³-hybridized carbons (Fsp3) is 0.375. The SMILES string of the molecule is Cn1cc(C(=O)CC2CCCN2C(=O)c2ccncc2Cl)cn1. The van der Waals surface area contributed by atoms with Crippen LogP contribution in [0.4, 0.5) is 0 Å². The number of Topliss-reactive ketones (excluding diaryl/α,β-unsaturated/α-hetero) is 1. The lowest BCUT2D eigenvalue weighted by atomic mass is 10.0. The first-order chi connectivity index (χ1) is 11.1. The van der Waals surface area contributed by atoms with Crippen LogP contribution in [-0.2, 0) is 7.05 Å². The van der Waals surface area contributed by atoms with Gasteiger partial charge in [0.25, 0.3) is 5.91 Å². The van der Waals surface area contributed by atoms with E-state index in [1.54, 1.807) is 41.3 Å². The molecule has 23 heavy (non-hydrogen) atoms. The first kappa shape index (κ1) is 15.7. The predicted octanol–water partition coefficient (Wildman–Crippen LogP) is 2.35. The number of hydrogen-bond donors (Lipinski definition) is 0. The summed E-state index contributed by atoms with van der Waals surface area (Å²) < 4.78 is 1.60. The summed E-state index contributed by atoms with van der Waals surface area (Å²) in [6.07, 6.45) is 8.28. The van der Waals surface area contributed by atoms with Crippen molar-refractivity contribution in [3.05, 3.63) is 47.0 Å². The lowest BCUT2D eigenvalue weighted by Gasteiger charge is -2.24. The number of likely N-dealkylation sites (tertiary alicyclic amines) is 1. The van der Waals surface area contributed by atoms with Crippen molar-refractivity contribution in [1.29, 1.82) is 0 Å². The number of rotatable bonds is 4. The van der Waals surface area contributed by atoms with Crippen LogP contribution in [0, 0.1) is 0 Å². The maximum absolute atomic E-state index is 12.7. The van der Waals surface area contributed by atoms with Crippen LogP contribution in [0.25, 0.3) is 0 Å². The van der Waals surface area contributed by atoms with Crippen molar-refractivity contribution in [2.45, 2.75) is 25.3 Å². The van der Waals surface area contributed by atoms with Crippen molar-refractivity contribution in [2.75, 3.05) is 6.54 Å². The van der Waals surface area contributed by atoms with Crippen molar-refractivity contribution in [2.24, 2.45) is 7.05 Å². The zero-order chi connectivity index (χ0) is 16.4. The number of nitrogens with zero attached hydrogens (tertiary/aromatic N) is 4. The molecule has 120 valence electrons. The predicted molar refractivity (Wildman–Crippen MR) is 85.5 cm³/mol. The quantitative estimate of drug-likeness (QED) is 0.806. The van der Waals surface area contributed by atoms with E-state index in [1.807, 2.05) is 0 Å². The fourth-order valence-electron chi connectivity index (χ4n) is 2.92. The summed E-state index contributed by atoms with van der Waals surface area (Å²) in [6.45, 7) is 0.641. The van der Waals surface area contributed by atoms with E-state index in [-0.39, 0.29) is 17.7 Å². The molecule has 3 heterocycles. The van der Waals surface area contributed by atoms with Crippen LogP contribution in [0.1, 0.15) is 40.0 Å². The number of aromatic nitrogens is 3. The van der Waals surface area contributed by atoms with Gasteiger partial charge in [0.15, 0.2) is 5.78 Å². The van der Waals surface area contributed by atoms with Gasteiger partial charge in [0.1, 0.15) is 0 Å². The molecule has 1 fully saturated rings. The molecule has 7 heteroatoms. The molecule has 1 aliphatic rings. The highest BCUT2D eigenvalue weighted by Crippen LogP contribution is 2.26. The fourth-order valence-corrected chi connectivity index (χ4v) is 3.12. The lowest BCUT2D eigenvalue weighted by Crippen LogP contribution is -2.37. The number of pyridine rings is 1. The number of amides is 1. The average molecular weight is 333 g/mol. The number of hydrogen-bond acceptors (Lipinski definition) is 4. The summed E-state index contributed by atoms with van der Waals surface area (Å²) >= 11 is 6.06. The number of carbonyl (C=O) groups excluding carboxylic acids is 2. The van der Waals surface area contributed by atoms with E-state index < -0.39 is 0 Å². The summed E-state index contributed by atoms with van der Waals surface area (Å²) in [5.74, 6) is -0.137. The zero-order valence-electron chi connectivity index (χ0n) is 12.8. The monoisotopic (exact) mass is 332 g/mol. The number of ketones is 1. The van der Waals surface area contributed by atoms with E-state index >= 15 is 0 Å². The van der Waals surface area contributed by atoms with Crippen LogP contribution >= 0.6 is 11.6 Å². The van der Waals surface area contributed by atoms with Crippen LogP contribution < -0.4 is 0 Å². The molecule has 0 saturated carbocycles. The van der Waals surface area contributed by atoms with Gasteiger partial charge in [-0.2, -0.15) is 5.10 Å². The van der Waals surface area contributed by atoms with Crippen LogP contribution in [0.5, 0.6) is 0 Å². The Kier molecular flexibility index (Phi) is 4.43. The number of carbonyl (C=O) groups is 2. The van der Waals surface area contributed by atoms with Crippen LogP contribution in [0.3, 0.4) is 0 Å². The maximum atomic E-state index is 12.7. The van der Waals surface area contributed by atoms with E-state index in [0.29, 0.717) is 29.1 Å². The van der Waals surface area contributed by atoms with E-state index in [1.165, 1.54) is 6.20 Å². The van der Waals surface area contributed by atoms with Crippen molar-refractivity contribution < 1.29 is 9.59 Å². The molecule has 2 aromatic heterocycles. The summed E-state index contributed by atoms with van der Waals surface area (Å²) in [6, 6.07) is 1.52. The van der Waals surface area contributed by atoms with Crippen LogP contribution in [0.2, 0.25) is 5.02 Å². The summed E-state index contributed by atoms with van der Waals surface area (Å²) in [7, 11) is 1.77. The van der Waals surface area contributed by atoms with Gasteiger partial charge in [-0.05, 0) is 18.9 Å². The summed E-state index contributed by atoms with van der Waals surface area (Å²) in [5.41, 5.74) is 1.01. The Labute approximate surface area is 139 Å². The van der Waals surface area contributed by atoms with Crippen molar-refractivity contribution in [1.82, 2.24) is 19.7 Å². The van der Waals surface area contributed by atoms with Gasteiger partial charge in [-0.15, -0.1) is 0 Å². The summed E-state index contributed by atoms with van der Waals surface area (Å²) in [4.78, 5) is 30.7. The molecule has 2 aromatic rings. The van der Waals surface area contributed by atoms with E-state index in [2.05, 4.69) is 10.1 Å². The highest BCUT2D eigenvalue weighted by Gasteiger charge is 2.32. The minimum Gasteiger partial charge on any atom is -0.335 e. The molecule has 6 nitrogen and oxygen atoms in total. The molecule has 1 atom stereocenters. The molecule has 0 spiro atoms. The van der Waals surface area contributed by atoms with E-state index in [4.69, 9.17) is 11.6 Å². The third-order valence-electron chi connectivity index (χ3n) is 4.09. The van der Waals surface area contributed by atoms with Gasteiger partial charge >= 0.3 is 0 Å². The van der Waals surface area contributed by atoms with Gasteiger partial charge in [0, 0.05) is 44.6 Å². The minimum atomic E-state index is -0.140. The van der Waals surface area contributed by atoms with Gasteiger partial charge in [0.05, 0.1) is 22.3 Å². The third-order valence-corrected chi connectivity index (χ3v) is 4.39. The van der Waals surface area contributed by atoms with Crippen LogP contribution in [-0.4, -0.2) is 43.9 Å². The van der Waals surface area contributed by atoms with Crippen LogP contribution in [0.15, 0.2) is 30.9 Å². The number of aryl methyl sites for hydroxylation is 1. The maximum Gasteiger partial charge on any atom is 0.255 e. The molecule has 0 aromatic carbocycles. The third kappa shape index (κ3) is 3.27. The molecular formula is C16H17ClN4O2. The first-order valence-electron chi connectivity index (χ1n) is 7.48. The van der Waals surface area contributed by atoms with Gasteiger partial charge in [0.2, 0.25) is 0 Å². The second-order valence-electron chi connectivity index (χ2n) is 5.68. The van der Waals surface area contributed by atoms with Gasteiger partial charge < -0.3 is 4.90 Å². The lowest BCUT2D eigenvalue weighted by molar-refractivity contribution is 0.0717. The molecule has 3 rings (SSSR count). The van der Waals surface area contributed by atoms with Gasteiger partial charge in [-0.1, -0.05) is 11.6 Å². The van der Waals surface area contributed by atoms with E-state index in [0.717, 1.165) is 12.8 Å². The summed E-state index contributed by atoms with van der Waals surface area (Å²) in [5, 5.41) is 4.35. The second-order valence-corrected chi connectivity index (χ2v) is 6.09. The molecule has 1 aliphatic heterocycles. The second kappa shape index (κ2) is 6.50. The smallest absolute Gasteiger partial charge is 0.255 e. The zero-order valence-corrected chi connectivity index (χ0v) is 13.5. The standard InChI is InChI=1S/C16H17ClN4O2/c1-20-10-11(8-19-20)15(22)7-12-3-2-6-21(12)16(23)13-4-5-18-9-14(13)17/h4-5,8-10,12H,2-3,6-7H2,1H3. The van der Waals surface area contributed by atoms with Gasteiger partial charge in [-0.25, -0.2) is 0 Å². The molecule has 1 unspecified atom stereocenters. The Morgan fingerprint density at radius 2 is 2.22 bits per heavy atom. The Hall–Kier alpha value is -2.21. The molecule has 0 aliphatic carbocycles. The molecule has 1 saturated heterocycles. The molecule has 0 N–H and O–H groups in total. The Bertz CT molecular complexity index is 743. The Morgan fingerprint density at radius 3 is 2.91 bits per heavy atom. The molecular weight excluding hydrogens is 316 g/mol. The molecule has 0 radical (unpaired) electrons. The topological polar surface area (TPSA) is 68.1 Å². The van der Waals surface area contributed by atoms with Crippen molar-refractivity contribution in [3.8, 4) is 0 Å². The average Bonchev–Trinajstić information content (AvgIpc) is 3.16. The Morgan fingerprint density at radius 1 is 1.39 bits per heavy atom. The Balaban J connectivity index is 1.74. The highest BCUT2D eigenvalue weighted by atomic mass is 35.5. The van der Waals surface area contributed by atoms with Gasteiger partial charge in [-0.3, -0.25) is 19.3 Å². The largest absolute Gasteiger partial charge is 0.335 e. The highest BCUT2D eigenvalue weighted by molar-refractivity contribution is 6.33. The van der Waals surface area contributed by atoms with Crippen molar-refractivity contribution >= 4 is 23.3 Å². The first-order valence-corrected chi connectivity index (χ1v) is 7.86.